The Kier molecular flexibility index (Phi) is 3.75. The summed E-state index contributed by atoms with van der Waals surface area (Å²) in [6.07, 6.45) is 0.445. The number of hydrogen-bond donors (Lipinski definition) is 2. The molecule has 1 unspecified atom stereocenters. The molecule has 1 aliphatic heterocycles. The topological polar surface area (TPSA) is 66.6 Å². The van der Waals surface area contributed by atoms with E-state index in [0.29, 0.717) is 29.7 Å². The van der Waals surface area contributed by atoms with Gasteiger partial charge in [-0.25, -0.2) is 0 Å². The molecule has 1 heterocycles. The summed E-state index contributed by atoms with van der Waals surface area (Å²) in [5, 5.41) is 9.97. The van der Waals surface area contributed by atoms with Crippen LogP contribution >= 0.6 is 31.9 Å². The molecule has 0 aromatic heterocycles. The van der Waals surface area contributed by atoms with Gasteiger partial charge in [0.25, 0.3) is 0 Å². The van der Waals surface area contributed by atoms with Crippen LogP contribution in [-0.4, -0.2) is 24.1 Å². The predicted octanol–water partition coefficient (Wildman–Crippen LogP) is 2.23. The van der Waals surface area contributed by atoms with Gasteiger partial charge in [-0.3, -0.25) is 4.79 Å². The molecule has 92 valence electrons. The van der Waals surface area contributed by atoms with Gasteiger partial charge in [0.1, 0.15) is 0 Å². The minimum Gasteiger partial charge on any atom is -0.505 e. The van der Waals surface area contributed by atoms with E-state index in [4.69, 9.17) is 5.73 Å². The maximum Gasteiger partial charge on any atom is 0.227 e. The zero-order valence-corrected chi connectivity index (χ0v) is 12.2. The molecule has 4 nitrogen and oxygen atoms in total. The van der Waals surface area contributed by atoms with Crippen molar-refractivity contribution in [2.45, 2.75) is 6.42 Å². The number of rotatable bonds is 2. The molecule has 17 heavy (non-hydrogen) atoms. The quantitative estimate of drug-likeness (QED) is 0.846. The second kappa shape index (κ2) is 4.96. The van der Waals surface area contributed by atoms with Gasteiger partial charge in [0.2, 0.25) is 5.91 Å². The highest BCUT2D eigenvalue weighted by Gasteiger charge is 2.31. The monoisotopic (exact) mass is 362 g/mol. The zero-order chi connectivity index (χ0) is 12.6. The fourth-order valence-corrected chi connectivity index (χ4v) is 3.13. The van der Waals surface area contributed by atoms with Gasteiger partial charge in [0, 0.05) is 17.4 Å². The van der Waals surface area contributed by atoms with Crippen LogP contribution in [0.15, 0.2) is 21.1 Å². The summed E-state index contributed by atoms with van der Waals surface area (Å²) < 4.78 is 1.37. The second-order valence-corrected chi connectivity index (χ2v) is 5.84. The van der Waals surface area contributed by atoms with Gasteiger partial charge in [-0.05, 0) is 40.5 Å². The van der Waals surface area contributed by atoms with Crippen LogP contribution in [0.5, 0.6) is 5.75 Å². The largest absolute Gasteiger partial charge is 0.505 e. The van der Waals surface area contributed by atoms with Crippen molar-refractivity contribution in [2.24, 2.45) is 11.7 Å². The number of aromatic hydroxyl groups is 1. The van der Waals surface area contributed by atoms with E-state index < -0.39 is 0 Å². The molecule has 0 bridgehead atoms. The van der Waals surface area contributed by atoms with Gasteiger partial charge in [-0.1, -0.05) is 15.9 Å². The van der Waals surface area contributed by atoms with Crippen molar-refractivity contribution < 1.29 is 9.90 Å². The molecule has 1 aliphatic rings. The summed E-state index contributed by atoms with van der Waals surface area (Å²) in [6.45, 7) is 1.05. The lowest BCUT2D eigenvalue weighted by Crippen LogP contribution is -2.25. The molecular weight excluding hydrogens is 352 g/mol. The number of amides is 1. The molecule has 3 N–H and O–H groups in total. The van der Waals surface area contributed by atoms with Gasteiger partial charge < -0.3 is 15.7 Å². The normalized spacial score (nSPS) is 20.1. The molecule has 0 radical (unpaired) electrons. The number of phenols is 1. The van der Waals surface area contributed by atoms with E-state index in [1.54, 1.807) is 17.0 Å². The Hall–Kier alpha value is -0.590. The van der Waals surface area contributed by atoms with Gasteiger partial charge in [-0.2, -0.15) is 0 Å². The number of phenolic OH excluding ortho intramolecular Hbond substituents is 1. The average molecular weight is 364 g/mol. The Morgan fingerprint density at radius 1 is 1.47 bits per heavy atom. The first-order valence-electron chi connectivity index (χ1n) is 5.21. The van der Waals surface area contributed by atoms with Gasteiger partial charge in [0.15, 0.2) is 5.75 Å². The molecule has 2 rings (SSSR count). The number of anilines is 1. The Morgan fingerprint density at radius 2 is 2.18 bits per heavy atom. The summed E-state index contributed by atoms with van der Waals surface area (Å²) in [7, 11) is 0. The molecule has 0 spiro atoms. The molecule has 6 heteroatoms. The number of halogens is 2. The number of hydrogen-bond acceptors (Lipinski definition) is 3. The fourth-order valence-electron chi connectivity index (χ4n) is 1.93. The summed E-state index contributed by atoms with van der Waals surface area (Å²) in [5.74, 6) is 0.250. The minimum absolute atomic E-state index is 0.000694. The van der Waals surface area contributed by atoms with Crippen LogP contribution in [0, 0.1) is 5.92 Å². The Balaban J connectivity index is 2.38. The van der Waals surface area contributed by atoms with E-state index in [9.17, 15) is 9.90 Å². The van der Waals surface area contributed by atoms with E-state index in [0.717, 1.165) is 4.47 Å². The fraction of sp³-hybridized carbons (Fsp3) is 0.364. The third-order valence-corrected chi connectivity index (χ3v) is 3.90. The van der Waals surface area contributed by atoms with Crippen LogP contribution in [0.2, 0.25) is 0 Å². The summed E-state index contributed by atoms with van der Waals surface area (Å²) >= 11 is 6.60. The van der Waals surface area contributed by atoms with Crippen LogP contribution in [0.1, 0.15) is 6.42 Å². The zero-order valence-electron chi connectivity index (χ0n) is 8.99. The smallest absolute Gasteiger partial charge is 0.227 e. The summed E-state index contributed by atoms with van der Waals surface area (Å²) in [5.41, 5.74) is 6.09. The maximum atomic E-state index is 11.8. The molecule has 1 atom stereocenters. The Labute approximate surface area is 116 Å². The van der Waals surface area contributed by atoms with Crippen LogP contribution in [-0.2, 0) is 4.79 Å². The molecular formula is C11H12Br2N2O2. The lowest BCUT2D eigenvalue weighted by molar-refractivity contribution is -0.117. The van der Waals surface area contributed by atoms with Crippen molar-refractivity contribution in [1.82, 2.24) is 0 Å². The highest BCUT2D eigenvalue weighted by Crippen LogP contribution is 2.39. The predicted molar refractivity (Wildman–Crippen MR) is 73.0 cm³/mol. The number of nitrogens with zero attached hydrogens (tertiary/aromatic N) is 1. The standard InChI is InChI=1S/C11H12Br2N2O2/c12-7-2-8(13)11(17)9(3-7)15-5-6(4-14)1-10(15)16/h2-3,6,17H,1,4-5,14H2. The summed E-state index contributed by atoms with van der Waals surface area (Å²) in [4.78, 5) is 13.4. The molecule has 0 aliphatic carbocycles. The number of carbonyl (C=O) groups excluding carboxylic acids is 1. The molecule has 1 fully saturated rings. The SMILES string of the molecule is NCC1CC(=O)N(c2cc(Br)cc(Br)c2O)C1. The van der Waals surface area contributed by atoms with Gasteiger partial charge >= 0.3 is 0 Å². The lowest BCUT2D eigenvalue weighted by atomic mass is 10.1. The molecule has 1 saturated heterocycles. The Bertz CT molecular complexity index is 465. The van der Waals surface area contributed by atoms with Gasteiger partial charge in [-0.15, -0.1) is 0 Å². The van der Waals surface area contributed by atoms with E-state index >= 15 is 0 Å². The van der Waals surface area contributed by atoms with Crippen LogP contribution < -0.4 is 10.6 Å². The lowest BCUT2D eigenvalue weighted by Gasteiger charge is -2.19. The summed E-state index contributed by atoms with van der Waals surface area (Å²) in [6, 6.07) is 3.47. The van der Waals surface area contributed by atoms with Crippen molar-refractivity contribution in [3.8, 4) is 5.75 Å². The highest BCUT2D eigenvalue weighted by molar-refractivity contribution is 9.11. The highest BCUT2D eigenvalue weighted by atomic mass is 79.9. The minimum atomic E-state index is 0.000694. The van der Waals surface area contributed by atoms with E-state index in [-0.39, 0.29) is 17.6 Å². The second-order valence-electron chi connectivity index (χ2n) is 4.07. The first-order valence-corrected chi connectivity index (χ1v) is 6.80. The number of carbonyl (C=O) groups is 1. The van der Waals surface area contributed by atoms with Crippen LogP contribution in [0.4, 0.5) is 5.69 Å². The van der Waals surface area contributed by atoms with Crippen molar-refractivity contribution in [3.05, 3.63) is 21.1 Å². The average Bonchev–Trinajstić information content (AvgIpc) is 2.65. The first-order chi connectivity index (χ1) is 8.02. The van der Waals surface area contributed by atoms with Crippen molar-refractivity contribution in [1.29, 1.82) is 0 Å². The molecule has 1 amide bonds. The van der Waals surface area contributed by atoms with Gasteiger partial charge in [0.05, 0.1) is 10.2 Å². The Morgan fingerprint density at radius 3 is 2.76 bits per heavy atom. The van der Waals surface area contributed by atoms with Crippen LogP contribution in [0.25, 0.3) is 0 Å². The van der Waals surface area contributed by atoms with Crippen molar-refractivity contribution >= 4 is 43.5 Å². The maximum absolute atomic E-state index is 11.8. The van der Waals surface area contributed by atoms with Crippen molar-refractivity contribution in [3.63, 3.8) is 0 Å². The third-order valence-electron chi connectivity index (χ3n) is 2.84. The number of benzene rings is 1. The molecule has 0 saturated carbocycles. The third kappa shape index (κ3) is 2.48. The van der Waals surface area contributed by atoms with E-state index in [2.05, 4.69) is 31.9 Å². The molecule has 1 aromatic rings. The van der Waals surface area contributed by atoms with E-state index in [1.165, 1.54) is 0 Å². The van der Waals surface area contributed by atoms with E-state index in [1.807, 2.05) is 0 Å². The molecule has 1 aromatic carbocycles. The van der Waals surface area contributed by atoms with Crippen LogP contribution in [0.3, 0.4) is 0 Å². The number of nitrogens with two attached hydrogens (primary N) is 1. The first kappa shape index (κ1) is 12.9. The van der Waals surface area contributed by atoms with Crippen molar-refractivity contribution in [2.75, 3.05) is 18.0 Å².